The second kappa shape index (κ2) is 10.7. The third-order valence-electron chi connectivity index (χ3n) is 7.22. The van der Waals surface area contributed by atoms with E-state index in [1.165, 1.54) is 21.8 Å². The summed E-state index contributed by atoms with van der Waals surface area (Å²) in [5.74, 6) is -0.155. The number of hydrogen-bond acceptors (Lipinski definition) is 16. The summed E-state index contributed by atoms with van der Waals surface area (Å²) in [6, 6.07) is -1.58. The Balaban J connectivity index is 1.19. The van der Waals surface area contributed by atoms with Crippen LogP contribution in [-0.4, -0.2) is 91.2 Å². The van der Waals surface area contributed by atoms with Crippen LogP contribution in [0.5, 0.6) is 0 Å². The van der Waals surface area contributed by atoms with Crippen molar-refractivity contribution in [2.45, 2.75) is 49.4 Å². The summed E-state index contributed by atoms with van der Waals surface area (Å²) >= 11 is 4.09. The van der Waals surface area contributed by atoms with Gasteiger partial charge in [-0.2, -0.15) is 18.1 Å². The number of aromatic amines is 1. The molecule has 3 fully saturated rings. The molecule has 6 N–H and O–H groups in total. The standard InChI is InChI=1S/C20H23FN11O9PS2/c21-10-11-9(40-19(10)31-5-26-12-14(22)24-4-25-15(12)31)3-37-42(34,43)41-8-1-7(2-38-44(35,36)30-11)39-18(8)32-6-27-13-16(32)28-20(23)29-17(13)33/h4-11,18-19,30H,1-3H2,(H,34,43)(H2,22,24,25)(H3,23,28,29,33)/t7-,8+,9+,10+,11+,18+,19+,42-/m0/s1. The van der Waals surface area contributed by atoms with E-state index in [9.17, 15) is 17.8 Å². The number of fused-ring (bicyclic) bond motifs is 5. The van der Waals surface area contributed by atoms with Crippen molar-refractivity contribution in [2.75, 3.05) is 24.7 Å². The number of anilines is 2. The van der Waals surface area contributed by atoms with Crippen LogP contribution < -0.4 is 21.7 Å². The fraction of sp³-hybridized carbons (Fsp3) is 0.500. The molecule has 0 radical (unpaired) electrons. The van der Waals surface area contributed by atoms with Crippen LogP contribution in [0, 0.1) is 0 Å². The minimum atomic E-state index is -4.62. The van der Waals surface area contributed by atoms with Gasteiger partial charge in [-0.25, -0.2) is 28.9 Å². The first-order chi connectivity index (χ1) is 20.9. The van der Waals surface area contributed by atoms with Crippen molar-refractivity contribution in [3.8, 4) is 0 Å². The zero-order valence-corrected chi connectivity index (χ0v) is 24.6. The molecule has 7 heterocycles. The number of rotatable bonds is 2. The van der Waals surface area contributed by atoms with Crippen LogP contribution in [0.15, 0.2) is 23.8 Å². The third-order valence-corrected chi connectivity index (χ3v) is 9.87. The number of nitrogens with one attached hydrogen (secondary N) is 2. The van der Waals surface area contributed by atoms with Gasteiger partial charge in [0, 0.05) is 6.42 Å². The van der Waals surface area contributed by atoms with Crippen LogP contribution >= 0.6 is 19.0 Å². The van der Waals surface area contributed by atoms with Crippen LogP contribution in [0.25, 0.3) is 22.3 Å². The van der Waals surface area contributed by atoms with E-state index in [1.54, 1.807) is 0 Å². The van der Waals surface area contributed by atoms with Crippen molar-refractivity contribution in [3.63, 3.8) is 0 Å². The number of halogens is 1. The number of nitrogen functional groups attached to an aromatic ring is 2. The number of hydrogen-bond donors (Lipinski definition) is 5. The lowest BCUT2D eigenvalue weighted by molar-refractivity contribution is -0.0481. The lowest BCUT2D eigenvalue weighted by Gasteiger charge is -2.25. The van der Waals surface area contributed by atoms with Crippen LogP contribution in [0.3, 0.4) is 0 Å². The first-order valence-corrected chi connectivity index (χ1v) is 16.9. The predicted octanol–water partition coefficient (Wildman–Crippen LogP) is -0.680. The molecule has 0 unspecified atom stereocenters. The highest BCUT2D eigenvalue weighted by atomic mass is 32.7. The minimum absolute atomic E-state index is 0.0259. The molecule has 8 atom stereocenters. The molecule has 24 heteroatoms. The highest BCUT2D eigenvalue weighted by Gasteiger charge is 2.50. The van der Waals surface area contributed by atoms with Gasteiger partial charge < -0.3 is 20.9 Å². The molecule has 4 aromatic heterocycles. The van der Waals surface area contributed by atoms with E-state index >= 15 is 4.39 Å². The first kappa shape index (κ1) is 29.4. The molecule has 236 valence electrons. The van der Waals surface area contributed by atoms with Gasteiger partial charge in [0.25, 0.3) is 5.56 Å². The molecule has 44 heavy (non-hydrogen) atoms. The zero-order chi connectivity index (χ0) is 31.0. The Hall–Kier alpha value is -3.28. The van der Waals surface area contributed by atoms with Gasteiger partial charge in [-0.05, 0) is 0 Å². The van der Waals surface area contributed by atoms with Crippen molar-refractivity contribution >= 4 is 63.4 Å². The van der Waals surface area contributed by atoms with Crippen LogP contribution in [0.1, 0.15) is 18.9 Å². The van der Waals surface area contributed by atoms with Crippen molar-refractivity contribution in [3.05, 3.63) is 29.3 Å². The molecule has 0 aliphatic carbocycles. The second-order valence-corrected chi connectivity index (χ2v) is 14.3. The fourth-order valence-electron chi connectivity index (χ4n) is 5.31. The molecule has 0 spiro atoms. The summed E-state index contributed by atoms with van der Waals surface area (Å²) < 4.78 is 88.2. The number of thiol groups is 1. The largest absolute Gasteiger partial charge is 0.386 e. The molecule has 0 saturated carbocycles. The van der Waals surface area contributed by atoms with E-state index in [-0.39, 0.29) is 40.5 Å². The quantitative estimate of drug-likeness (QED) is 0.130. The number of imidazole rings is 2. The van der Waals surface area contributed by atoms with Gasteiger partial charge in [0.1, 0.15) is 24.1 Å². The van der Waals surface area contributed by atoms with Crippen LogP contribution in [0.2, 0.25) is 0 Å². The number of aromatic nitrogens is 8. The molecule has 0 amide bonds. The van der Waals surface area contributed by atoms with E-state index in [4.69, 9.17) is 34.2 Å². The highest BCUT2D eigenvalue weighted by molar-refractivity contribution is 8.44. The average Bonchev–Trinajstić information content (AvgIpc) is 3.72. The van der Waals surface area contributed by atoms with E-state index in [1.807, 2.05) is 0 Å². The topological polar surface area (TPSA) is 269 Å². The Kier molecular flexibility index (Phi) is 7.13. The summed E-state index contributed by atoms with van der Waals surface area (Å²) in [5, 5.41) is 0. The van der Waals surface area contributed by atoms with Crippen molar-refractivity contribution in [2.24, 2.45) is 0 Å². The van der Waals surface area contributed by atoms with Crippen molar-refractivity contribution in [1.29, 1.82) is 0 Å². The summed E-state index contributed by atoms with van der Waals surface area (Å²) in [6.45, 7) is -5.43. The number of nitrogens with zero attached hydrogens (tertiary/aromatic N) is 7. The van der Waals surface area contributed by atoms with E-state index in [0.717, 1.165) is 6.33 Å². The Bertz CT molecular complexity index is 1980. The lowest BCUT2D eigenvalue weighted by atomic mass is 10.1. The van der Waals surface area contributed by atoms with E-state index in [0.29, 0.717) is 0 Å². The van der Waals surface area contributed by atoms with Crippen LogP contribution in [-0.2, 0) is 37.6 Å². The third kappa shape index (κ3) is 5.22. The molecular weight excluding hydrogens is 652 g/mol. The first-order valence-electron chi connectivity index (χ1n) is 12.8. The summed E-state index contributed by atoms with van der Waals surface area (Å²) in [7, 11) is -4.62. The Morgan fingerprint density at radius 1 is 1.02 bits per heavy atom. The molecule has 2 bridgehead atoms. The molecule has 0 aromatic carbocycles. The molecular formula is C20H23FN11O9PS2. The van der Waals surface area contributed by atoms with E-state index < -0.39 is 78.9 Å². The van der Waals surface area contributed by atoms with Gasteiger partial charge in [0.2, 0.25) is 5.95 Å². The lowest BCUT2D eigenvalue weighted by Crippen LogP contribution is -2.48. The van der Waals surface area contributed by atoms with Gasteiger partial charge in [-0.3, -0.25) is 32.1 Å². The molecule has 7 rings (SSSR count). The van der Waals surface area contributed by atoms with Crippen LogP contribution in [0.4, 0.5) is 16.2 Å². The summed E-state index contributed by atoms with van der Waals surface area (Å²) in [4.78, 5) is 34.7. The highest BCUT2D eigenvalue weighted by Crippen LogP contribution is 2.57. The Labute approximate surface area is 250 Å². The molecule has 3 saturated heterocycles. The number of H-pyrrole nitrogens is 1. The maximum Gasteiger partial charge on any atom is 0.386 e. The Morgan fingerprint density at radius 2 is 1.77 bits per heavy atom. The molecule has 3 aliphatic heterocycles. The zero-order valence-electron chi connectivity index (χ0n) is 22.0. The number of nitrogens with two attached hydrogens (primary N) is 2. The maximum absolute atomic E-state index is 15.9. The number of alkyl halides is 1. The van der Waals surface area contributed by atoms with E-state index in [2.05, 4.69) is 46.9 Å². The van der Waals surface area contributed by atoms with Gasteiger partial charge in [0.05, 0.1) is 38.0 Å². The smallest absolute Gasteiger partial charge is 0.382 e. The molecule has 20 nitrogen and oxygen atoms in total. The maximum atomic E-state index is 15.9. The predicted molar refractivity (Wildman–Crippen MR) is 149 cm³/mol. The van der Waals surface area contributed by atoms with Gasteiger partial charge in [-0.1, -0.05) is 12.2 Å². The minimum Gasteiger partial charge on any atom is -0.382 e. The molecule has 3 aliphatic rings. The normalized spacial score (nSPS) is 34.4. The fourth-order valence-corrected chi connectivity index (χ4v) is 7.81. The Morgan fingerprint density at radius 3 is 2.57 bits per heavy atom. The monoisotopic (exact) mass is 675 g/mol. The summed E-state index contributed by atoms with van der Waals surface area (Å²) in [6.07, 6.45) is -4.47. The van der Waals surface area contributed by atoms with Crippen molar-refractivity contribution < 1.29 is 40.1 Å². The van der Waals surface area contributed by atoms with Gasteiger partial charge >= 0.3 is 17.1 Å². The second-order valence-electron chi connectivity index (χ2n) is 10.0. The average molecular weight is 676 g/mol. The summed E-state index contributed by atoms with van der Waals surface area (Å²) in [5.41, 5.74) is 11.2. The SMILES string of the molecule is Nc1nc2c(ncn2[C@@H]2O[C@@H]3COS(=O)(=O)N[C@H]4[C@@H](F)[C@H](n5cnc6c(N)ncnc65)O[C@@H]4CO[P@](=O)(S)O[C@@H]2C3)c(=O)[nH]1. The van der Waals surface area contributed by atoms with Gasteiger partial charge in [0.15, 0.2) is 41.3 Å². The number of ether oxygens (including phenoxy) is 2. The van der Waals surface area contributed by atoms with Crippen molar-refractivity contribution in [1.82, 2.24) is 43.8 Å². The molecule has 4 aromatic rings. The van der Waals surface area contributed by atoms with Gasteiger partial charge in [-0.15, -0.1) is 0 Å².